The molecule has 0 aliphatic carbocycles. The Hall–Kier alpha value is -2.25. The van der Waals surface area contributed by atoms with Crippen LogP contribution >= 0.6 is 0 Å². The zero-order valence-corrected chi connectivity index (χ0v) is 11.7. The van der Waals surface area contributed by atoms with Crippen LogP contribution in [0.1, 0.15) is 18.1 Å². The summed E-state index contributed by atoms with van der Waals surface area (Å²) in [7, 11) is 1.24. The van der Waals surface area contributed by atoms with Gasteiger partial charge in [-0.3, -0.25) is 0 Å². The number of hydrogen-bond donors (Lipinski definition) is 2. The molecule has 1 aromatic rings. The minimum Gasteiger partial charge on any atom is -0.480 e. The molecule has 2 N–H and O–H groups in total. The molecule has 0 heterocycles. The van der Waals surface area contributed by atoms with Crippen LogP contribution in [0.25, 0.3) is 0 Å². The number of benzene rings is 1. The Morgan fingerprint density at radius 2 is 1.90 bits per heavy atom. The van der Waals surface area contributed by atoms with Crippen LogP contribution in [-0.2, 0) is 11.0 Å². The van der Waals surface area contributed by atoms with Gasteiger partial charge in [0.25, 0.3) is 0 Å². The van der Waals surface area contributed by atoms with Crippen LogP contribution < -0.4 is 5.32 Å². The Morgan fingerprint density at radius 1 is 1.33 bits per heavy atom. The van der Waals surface area contributed by atoms with Crippen molar-refractivity contribution in [2.45, 2.75) is 26.1 Å². The molecule has 21 heavy (non-hydrogen) atoms. The molecule has 2 amide bonds. The molecule has 116 valence electrons. The van der Waals surface area contributed by atoms with Gasteiger partial charge in [0, 0.05) is 12.7 Å². The number of urea groups is 1. The summed E-state index contributed by atoms with van der Waals surface area (Å²) >= 11 is 0. The minimum atomic E-state index is -4.52. The third-order valence-corrected chi connectivity index (χ3v) is 3.05. The highest BCUT2D eigenvalue weighted by Gasteiger charge is 2.32. The number of nitrogens with zero attached hydrogens (tertiary/aromatic N) is 1. The summed E-state index contributed by atoms with van der Waals surface area (Å²) in [6.45, 7) is 2.60. The number of likely N-dealkylation sites (N-methyl/N-ethyl adjacent to an activating group) is 1. The Bertz CT molecular complexity index is 558. The maximum atomic E-state index is 12.8. The van der Waals surface area contributed by atoms with Gasteiger partial charge in [-0.1, -0.05) is 6.07 Å². The van der Waals surface area contributed by atoms with E-state index in [0.717, 1.165) is 11.0 Å². The predicted octanol–water partition coefficient (Wildman–Crippen LogP) is 2.95. The summed E-state index contributed by atoms with van der Waals surface area (Å²) in [5.74, 6) is -1.22. The summed E-state index contributed by atoms with van der Waals surface area (Å²) in [6.07, 6.45) is -4.52. The Kier molecular flexibility index (Phi) is 4.82. The lowest BCUT2D eigenvalue weighted by Gasteiger charge is -2.22. The summed E-state index contributed by atoms with van der Waals surface area (Å²) in [4.78, 5) is 23.4. The van der Waals surface area contributed by atoms with Crippen LogP contribution in [0.15, 0.2) is 18.2 Å². The van der Waals surface area contributed by atoms with E-state index in [-0.39, 0.29) is 11.3 Å². The highest BCUT2D eigenvalue weighted by atomic mass is 19.4. The number of aliphatic carboxylic acids is 1. The molecule has 0 saturated carbocycles. The van der Waals surface area contributed by atoms with Gasteiger partial charge in [0.1, 0.15) is 6.04 Å². The van der Waals surface area contributed by atoms with Gasteiger partial charge in [0.15, 0.2) is 0 Å². The van der Waals surface area contributed by atoms with Crippen LogP contribution in [0.3, 0.4) is 0 Å². The second kappa shape index (κ2) is 6.02. The number of carbonyl (C=O) groups excluding carboxylic acids is 1. The van der Waals surface area contributed by atoms with E-state index in [1.54, 1.807) is 0 Å². The van der Waals surface area contributed by atoms with E-state index in [0.29, 0.717) is 0 Å². The molecule has 0 radical (unpaired) electrons. The van der Waals surface area contributed by atoms with E-state index < -0.39 is 29.8 Å². The first-order chi connectivity index (χ1) is 9.54. The minimum absolute atomic E-state index is 0.0350. The molecule has 1 unspecified atom stereocenters. The molecular formula is C13H15F3N2O3. The lowest BCUT2D eigenvalue weighted by Crippen LogP contribution is -2.42. The summed E-state index contributed by atoms with van der Waals surface area (Å²) in [6, 6.07) is 1.47. The largest absolute Gasteiger partial charge is 0.480 e. The molecule has 8 heteroatoms. The van der Waals surface area contributed by atoms with E-state index >= 15 is 0 Å². The van der Waals surface area contributed by atoms with Crippen molar-refractivity contribution in [2.24, 2.45) is 0 Å². The van der Waals surface area contributed by atoms with E-state index in [4.69, 9.17) is 5.11 Å². The number of aryl methyl sites for hydroxylation is 1. The summed E-state index contributed by atoms with van der Waals surface area (Å²) < 4.78 is 38.3. The van der Waals surface area contributed by atoms with Crippen LogP contribution in [0, 0.1) is 6.92 Å². The van der Waals surface area contributed by atoms with Crippen molar-refractivity contribution >= 4 is 17.7 Å². The number of halogens is 3. The summed E-state index contributed by atoms with van der Waals surface area (Å²) in [5, 5.41) is 11.0. The van der Waals surface area contributed by atoms with Gasteiger partial charge in [0.05, 0.1) is 5.56 Å². The number of hydrogen-bond acceptors (Lipinski definition) is 2. The first-order valence-electron chi connectivity index (χ1n) is 5.98. The fraction of sp³-hybridized carbons (Fsp3) is 0.385. The third-order valence-electron chi connectivity index (χ3n) is 3.05. The molecule has 1 atom stereocenters. The van der Waals surface area contributed by atoms with Crippen molar-refractivity contribution in [2.75, 3.05) is 12.4 Å². The quantitative estimate of drug-likeness (QED) is 0.902. The first kappa shape index (κ1) is 16.8. The van der Waals surface area contributed by atoms with Crippen molar-refractivity contribution in [3.63, 3.8) is 0 Å². The lowest BCUT2D eigenvalue weighted by atomic mass is 10.1. The van der Waals surface area contributed by atoms with Crippen LogP contribution in [-0.4, -0.2) is 35.1 Å². The first-order valence-corrected chi connectivity index (χ1v) is 5.98. The van der Waals surface area contributed by atoms with Crippen molar-refractivity contribution in [3.05, 3.63) is 29.3 Å². The number of carboxylic acids is 1. The second-order valence-electron chi connectivity index (χ2n) is 4.58. The monoisotopic (exact) mass is 304 g/mol. The molecule has 0 aromatic heterocycles. The number of carbonyl (C=O) groups is 2. The summed E-state index contributed by atoms with van der Waals surface area (Å²) in [5.41, 5.74) is -0.871. The molecule has 0 bridgehead atoms. The fourth-order valence-electron chi connectivity index (χ4n) is 1.56. The molecule has 0 aliphatic heterocycles. The highest BCUT2D eigenvalue weighted by molar-refractivity contribution is 5.92. The van der Waals surface area contributed by atoms with Crippen molar-refractivity contribution in [3.8, 4) is 0 Å². The zero-order valence-electron chi connectivity index (χ0n) is 11.7. The molecule has 0 saturated heterocycles. The molecule has 5 nitrogen and oxygen atoms in total. The second-order valence-corrected chi connectivity index (χ2v) is 4.58. The zero-order chi connectivity index (χ0) is 16.4. The van der Waals surface area contributed by atoms with E-state index in [2.05, 4.69) is 5.32 Å². The van der Waals surface area contributed by atoms with Crippen molar-refractivity contribution in [1.29, 1.82) is 0 Å². The number of carboxylic acid groups (broad SMARTS) is 1. The smallest absolute Gasteiger partial charge is 0.416 e. The van der Waals surface area contributed by atoms with Gasteiger partial charge >= 0.3 is 18.2 Å². The number of alkyl halides is 3. The van der Waals surface area contributed by atoms with Gasteiger partial charge in [0.2, 0.25) is 0 Å². The van der Waals surface area contributed by atoms with Gasteiger partial charge in [-0.15, -0.1) is 0 Å². The Balaban J connectivity index is 2.94. The van der Waals surface area contributed by atoms with Crippen LogP contribution in [0.4, 0.5) is 23.7 Å². The SMILES string of the molecule is Cc1ccc(NC(=O)N(C)C(C)C(=O)O)cc1C(F)(F)F. The van der Waals surface area contributed by atoms with Gasteiger partial charge in [-0.25, -0.2) is 9.59 Å². The molecular weight excluding hydrogens is 289 g/mol. The Labute approximate surface area is 119 Å². The molecule has 0 fully saturated rings. The van der Waals surface area contributed by atoms with E-state index in [1.165, 1.54) is 33.0 Å². The van der Waals surface area contributed by atoms with Crippen LogP contribution in [0.2, 0.25) is 0 Å². The van der Waals surface area contributed by atoms with Crippen molar-refractivity contribution in [1.82, 2.24) is 4.90 Å². The van der Waals surface area contributed by atoms with Gasteiger partial charge in [-0.05, 0) is 31.5 Å². The molecule has 0 aliphatic rings. The maximum Gasteiger partial charge on any atom is 0.416 e. The fourth-order valence-corrected chi connectivity index (χ4v) is 1.56. The molecule has 0 spiro atoms. The van der Waals surface area contributed by atoms with Crippen LogP contribution in [0.5, 0.6) is 0 Å². The lowest BCUT2D eigenvalue weighted by molar-refractivity contribution is -0.141. The van der Waals surface area contributed by atoms with E-state index in [1.807, 2.05) is 0 Å². The topological polar surface area (TPSA) is 69.6 Å². The number of nitrogens with one attached hydrogen (secondary N) is 1. The third kappa shape index (κ3) is 4.11. The average Bonchev–Trinajstić information content (AvgIpc) is 2.37. The van der Waals surface area contributed by atoms with Gasteiger partial charge < -0.3 is 15.3 Å². The predicted molar refractivity (Wildman–Crippen MR) is 70.1 cm³/mol. The average molecular weight is 304 g/mol. The molecule has 1 rings (SSSR count). The maximum absolute atomic E-state index is 12.8. The number of rotatable bonds is 3. The number of anilines is 1. The normalized spacial score (nSPS) is 12.7. The highest BCUT2D eigenvalue weighted by Crippen LogP contribution is 2.33. The van der Waals surface area contributed by atoms with E-state index in [9.17, 15) is 22.8 Å². The van der Waals surface area contributed by atoms with Gasteiger partial charge in [-0.2, -0.15) is 13.2 Å². The van der Waals surface area contributed by atoms with Crippen molar-refractivity contribution < 1.29 is 27.9 Å². The molecule has 1 aromatic carbocycles. The Morgan fingerprint density at radius 3 is 2.38 bits per heavy atom. The number of amides is 2. The standard InChI is InChI=1S/C13H15F3N2O3/c1-7-4-5-9(6-10(7)13(14,15)16)17-12(21)18(3)8(2)11(19)20/h4-6,8H,1-3H3,(H,17,21)(H,19,20).